The highest BCUT2D eigenvalue weighted by Crippen LogP contribution is 2.30. The zero-order valence-electron chi connectivity index (χ0n) is 17.6. The Bertz CT molecular complexity index is 1520. The van der Waals surface area contributed by atoms with E-state index < -0.39 is 10.0 Å². The Kier molecular flexibility index (Phi) is 5.69. The summed E-state index contributed by atoms with van der Waals surface area (Å²) in [6.07, 6.45) is 3.27. The molecule has 11 heteroatoms. The molecule has 1 N–H and O–H groups in total. The van der Waals surface area contributed by atoms with E-state index in [1.807, 2.05) is 6.07 Å². The van der Waals surface area contributed by atoms with Gasteiger partial charge in [-0.3, -0.25) is 14.2 Å². The Hall–Kier alpha value is -3.15. The molecule has 1 amide bonds. The highest BCUT2D eigenvalue weighted by Gasteiger charge is 2.27. The van der Waals surface area contributed by atoms with E-state index >= 15 is 0 Å². The molecule has 2 aromatic carbocycles. The number of nitrogens with zero attached hydrogens (tertiary/aromatic N) is 4. The number of rotatable bonds is 6. The predicted octanol–water partition coefficient (Wildman–Crippen LogP) is 2.82. The number of nitrogens with one attached hydrogen (secondary N) is 1. The molecule has 0 atom stereocenters. The summed E-state index contributed by atoms with van der Waals surface area (Å²) in [6, 6.07) is 11.9. The Morgan fingerprint density at radius 1 is 1.09 bits per heavy atom. The van der Waals surface area contributed by atoms with Gasteiger partial charge in [-0.2, -0.15) is 4.31 Å². The summed E-state index contributed by atoms with van der Waals surface area (Å²) in [6.45, 7) is 1.27. The molecule has 1 aliphatic heterocycles. The Morgan fingerprint density at radius 3 is 2.70 bits per heavy atom. The van der Waals surface area contributed by atoms with Gasteiger partial charge in [0.05, 0.1) is 32.3 Å². The van der Waals surface area contributed by atoms with Gasteiger partial charge in [-0.1, -0.05) is 23.5 Å². The predicted molar refractivity (Wildman–Crippen MR) is 127 cm³/mol. The molecular weight excluding hydrogens is 462 g/mol. The average molecular weight is 484 g/mol. The van der Waals surface area contributed by atoms with Gasteiger partial charge in [0.2, 0.25) is 15.9 Å². The number of hydrogen-bond acceptors (Lipinski definition) is 7. The lowest BCUT2D eigenvalue weighted by Gasteiger charge is -2.15. The number of anilines is 1. The molecule has 0 aliphatic carbocycles. The van der Waals surface area contributed by atoms with E-state index in [1.54, 1.807) is 36.4 Å². The first-order chi connectivity index (χ1) is 15.9. The Labute approximate surface area is 193 Å². The minimum atomic E-state index is -3.52. The fraction of sp³-hybridized carbons (Fsp3) is 0.273. The second-order valence-electron chi connectivity index (χ2n) is 7.82. The fourth-order valence-corrected chi connectivity index (χ4v) is 6.41. The van der Waals surface area contributed by atoms with Crippen LogP contribution < -0.4 is 10.9 Å². The number of para-hydroxylation sites is 1. The number of benzene rings is 2. The van der Waals surface area contributed by atoms with Gasteiger partial charge in [0.25, 0.3) is 5.56 Å². The van der Waals surface area contributed by atoms with Crippen molar-refractivity contribution in [1.82, 2.24) is 18.8 Å². The first-order valence-electron chi connectivity index (χ1n) is 10.6. The van der Waals surface area contributed by atoms with Gasteiger partial charge in [0.15, 0.2) is 5.13 Å². The molecular formula is C22H21N5O4S2. The summed E-state index contributed by atoms with van der Waals surface area (Å²) in [5.74, 6) is -0.293. The van der Waals surface area contributed by atoms with Crippen LogP contribution in [0.15, 0.2) is 58.5 Å². The molecule has 1 fully saturated rings. The van der Waals surface area contributed by atoms with Crippen LogP contribution in [0.3, 0.4) is 0 Å². The fourth-order valence-electron chi connectivity index (χ4n) is 3.87. The van der Waals surface area contributed by atoms with E-state index in [4.69, 9.17) is 0 Å². The van der Waals surface area contributed by atoms with Gasteiger partial charge in [-0.05, 0) is 43.2 Å². The van der Waals surface area contributed by atoms with Crippen molar-refractivity contribution in [2.24, 2.45) is 0 Å². The molecule has 0 radical (unpaired) electrons. The van der Waals surface area contributed by atoms with Crippen molar-refractivity contribution in [3.8, 4) is 0 Å². The lowest BCUT2D eigenvalue weighted by Crippen LogP contribution is -2.27. The third-order valence-electron chi connectivity index (χ3n) is 5.62. The maximum Gasteiger partial charge on any atom is 0.261 e. The summed E-state index contributed by atoms with van der Waals surface area (Å²) < 4.78 is 29.2. The van der Waals surface area contributed by atoms with Gasteiger partial charge in [0.1, 0.15) is 0 Å². The van der Waals surface area contributed by atoms with E-state index in [1.165, 1.54) is 26.5 Å². The minimum absolute atomic E-state index is 0.0739. The topological polar surface area (TPSA) is 114 Å². The van der Waals surface area contributed by atoms with Crippen molar-refractivity contribution < 1.29 is 13.2 Å². The van der Waals surface area contributed by atoms with Crippen LogP contribution in [0.5, 0.6) is 0 Å². The zero-order valence-corrected chi connectivity index (χ0v) is 19.2. The van der Waals surface area contributed by atoms with Crippen LogP contribution in [0.2, 0.25) is 0 Å². The Morgan fingerprint density at radius 2 is 1.88 bits per heavy atom. The van der Waals surface area contributed by atoms with Crippen LogP contribution in [-0.4, -0.2) is 46.3 Å². The van der Waals surface area contributed by atoms with E-state index in [9.17, 15) is 18.0 Å². The summed E-state index contributed by atoms with van der Waals surface area (Å²) >= 11 is 1.22. The zero-order chi connectivity index (χ0) is 23.0. The highest BCUT2D eigenvalue weighted by molar-refractivity contribution is 7.89. The van der Waals surface area contributed by atoms with Gasteiger partial charge in [0, 0.05) is 26.1 Å². The molecule has 0 unspecified atom stereocenters. The standard InChI is InChI=1S/C22H21N5O4S2/c28-20(9-12-26-14-23-17-6-2-1-5-16(17)21(26)29)25-22-24-18-8-7-15(13-19(18)32-22)33(30,31)27-10-3-4-11-27/h1-2,5-8,13-14H,3-4,9-12H2,(H,24,25,28). The monoisotopic (exact) mass is 483 g/mol. The molecule has 1 saturated heterocycles. The van der Waals surface area contributed by atoms with Crippen LogP contribution in [0, 0.1) is 0 Å². The van der Waals surface area contributed by atoms with Crippen LogP contribution in [0.4, 0.5) is 5.13 Å². The number of hydrogen-bond donors (Lipinski definition) is 1. The quantitative estimate of drug-likeness (QED) is 0.451. The first kappa shape index (κ1) is 21.7. The molecule has 170 valence electrons. The third kappa shape index (κ3) is 4.26. The largest absolute Gasteiger partial charge is 0.302 e. The molecule has 0 saturated carbocycles. The van der Waals surface area contributed by atoms with Crippen molar-refractivity contribution in [3.63, 3.8) is 0 Å². The number of amides is 1. The van der Waals surface area contributed by atoms with Crippen LogP contribution in [0.25, 0.3) is 21.1 Å². The average Bonchev–Trinajstić information content (AvgIpc) is 3.48. The number of fused-ring (bicyclic) bond motifs is 2. The maximum atomic E-state index is 12.8. The summed E-state index contributed by atoms with van der Waals surface area (Å²) in [7, 11) is -3.52. The number of aromatic nitrogens is 3. The van der Waals surface area contributed by atoms with Crippen molar-refractivity contribution in [1.29, 1.82) is 0 Å². The Balaban J connectivity index is 1.29. The second-order valence-corrected chi connectivity index (χ2v) is 10.8. The van der Waals surface area contributed by atoms with E-state index in [0.29, 0.717) is 39.3 Å². The van der Waals surface area contributed by atoms with Gasteiger partial charge >= 0.3 is 0 Å². The van der Waals surface area contributed by atoms with Crippen LogP contribution in [0.1, 0.15) is 19.3 Å². The smallest absolute Gasteiger partial charge is 0.261 e. The van der Waals surface area contributed by atoms with Crippen molar-refractivity contribution in [3.05, 3.63) is 59.1 Å². The molecule has 5 rings (SSSR count). The molecule has 33 heavy (non-hydrogen) atoms. The molecule has 4 aromatic rings. The van der Waals surface area contributed by atoms with E-state index in [0.717, 1.165) is 12.8 Å². The van der Waals surface area contributed by atoms with Crippen molar-refractivity contribution in [2.75, 3.05) is 18.4 Å². The van der Waals surface area contributed by atoms with E-state index in [-0.39, 0.29) is 29.3 Å². The molecule has 0 bridgehead atoms. The number of carbonyl (C=O) groups excluding carboxylic acids is 1. The summed E-state index contributed by atoms with van der Waals surface area (Å²) in [4.78, 5) is 33.9. The van der Waals surface area contributed by atoms with E-state index in [2.05, 4.69) is 15.3 Å². The molecule has 0 spiro atoms. The molecule has 9 nitrogen and oxygen atoms in total. The second kappa shape index (κ2) is 8.65. The molecule has 1 aliphatic rings. The highest BCUT2D eigenvalue weighted by atomic mass is 32.2. The maximum absolute atomic E-state index is 12.8. The summed E-state index contributed by atoms with van der Waals surface area (Å²) in [5.41, 5.74) is 1.04. The third-order valence-corrected chi connectivity index (χ3v) is 8.45. The van der Waals surface area contributed by atoms with Crippen LogP contribution >= 0.6 is 11.3 Å². The number of sulfonamides is 1. The molecule has 2 aromatic heterocycles. The van der Waals surface area contributed by atoms with Gasteiger partial charge in [-0.15, -0.1) is 0 Å². The summed E-state index contributed by atoms with van der Waals surface area (Å²) in [5, 5.41) is 3.63. The van der Waals surface area contributed by atoms with Gasteiger partial charge < -0.3 is 5.32 Å². The van der Waals surface area contributed by atoms with Crippen molar-refractivity contribution >= 4 is 53.5 Å². The van der Waals surface area contributed by atoms with Crippen molar-refractivity contribution in [2.45, 2.75) is 30.7 Å². The number of thiazole rings is 1. The minimum Gasteiger partial charge on any atom is -0.302 e. The number of carbonyl (C=O) groups is 1. The molecule has 3 heterocycles. The first-order valence-corrected chi connectivity index (χ1v) is 12.8. The lowest BCUT2D eigenvalue weighted by atomic mass is 10.2. The lowest BCUT2D eigenvalue weighted by molar-refractivity contribution is -0.116. The SMILES string of the molecule is O=C(CCn1cnc2ccccc2c1=O)Nc1nc2ccc(S(=O)(=O)N3CCCC3)cc2s1. The van der Waals surface area contributed by atoms with Crippen LogP contribution in [-0.2, 0) is 21.4 Å². The van der Waals surface area contributed by atoms with Gasteiger partial charge in [-0.25, -0.2) is 18.4 Å². The normalized spacial score (nSPS) is 14.8. The number of aryl methyl sites for hydroxylation is 1.